The third-order valence-electron chi connectivity index (χ3n) is 12.2. The molecule has 0 atom stereocenters. The van der Waals surface area contributed by atoms with Crippen LogP contribution in [-0.2, 0) is 0 Å². The van der Waals surface area contributed by atoms with E-state index in [1.807, 2.05) is 146 Å². The Morgan fingerprint density at radius 2 is 0.758 bits per heavy atom. The lowest BCUT2D eigenvalue weighted by atomic mass is 9.88. The van der Waals surface area contributed by atoms with Crippen LogP contribution in [0.5, 0.6) is 34.5 Å². The molecule has 7 aromatic rings. The lowest BCUT2D eigenvalue weighted by Gasteiger charge is -2.32. The maximum Gasteiger partial charge on any atom is 0.204 e. The predicted molar refractivity (Wildman–Crippen MR) is 266 cm³/mol. The molecule has 0 fully saturated rings. The number of hydrogen-bond donors (Lipinski definition) is 0. The van der Waals surface area contributed by atoms with Gasteiger partial charge in [-0.05, 0) is 121 Å². The zero-order chi connectivity index (χ0) is 45.3. The fourth-order valence-corrected chi connectivity index (χ4v) is 9.07. The first-order chi connectivity index (χ1) is 32.4. The van der Waals surface area contributed by atoms with E-state index in [1.165, 1.54) is 0 Å². The normalized spacial score (nSPS) is 13.0. The highest BCUT2D eigenvalue weighted by molar-refractivity contribution is 5.96. The van der Waals surface area contributed by atoms with Gasteiger partial charge in [0.05, 0.1) is 64.0 Å². The van der Waals surface area contributed by atoms with E-state index in [4.69, 9.17) is 20.8 Å². The van der Waals surface area contributed by atoms with Gasteiger partial charge in [0.2, 0.25) is 5.69 Å². The van der Waals surface area contributed by atoms with Crippen LogP contribution in [-0.4, -0.2) is 19.6 Å². The number of rotatable bonds is 9. The maximum atomic E-state index is 11.0. The molecule has 3 aliphatic heterocycles. The lowest BCUT2D eigenvalue weighted by Crippen LogP contribution is -2.20. The molecule has 0 N–H and O–H groups in total. The van der Waals surface area contributed by atoms with Crippen LogP contribution in [0.1, 0.15) is 65.3 Å². The van der Waals surface area contributed by atoms with E-state index < -0.39 is 0 Å². The van der Waals surface area contributed by atoms with Crippen LogP contribution in [0.4, 0.5) is 39.8 Å². The third-order valence-corrected chi connectivity index (χ3v) is 12.2. The number of anilines is 6. The van der Waals surface area contributed by atoms with E-state index >= 15 is 0 Å². The Labute approximate surface area is 384 Å². The molecule has 0 aliphatic carbocycles. The fraction of sp³-hybridized carbons (Fsp3) is 0.105. The molecule has 0 amide bonds. The lowest BCUT2D eigenvalue weighted by molar-refractivity contribution is 0.473. The van der Waals surface area contributed by atoms with Gasteiger partial charge in [-0.25, -0.2) is 4.85 Å². The second-order valence-corrected chi connectivity index (χ2v) is 15.8. The summed E-state index contributed by atoms with van der Waals surface area (Å²) >= 11 is 0. The number of ether oxygens (including phenoxy) is 3. The second-order valence-electron chi connectivity index (χ2n) is 15.8. The number of benzene rings is 7. The summed E-state index contributed by atoms with van der Waals surface area (Å²) in [4.78, 5) is 10.7. The van der Waals surface area contributed by atoms with E-state index in [2.05, 4.69) is 52.5 Å². The molecule has 0 saturated carbocycles. The highest BCUT2D eigenvalue weighted by Gasteiger charge is 2.27. The number of para-hydroxylation sites is 6. The molecule has 0 unspecified atom stereocenters. The first-order valence-electron chi connectivity index (χ1n) is 22.0. The van der Waals surface area contributed by atoms with Gasteiger partial charge in [-0.3, -0.25) is 0 Å². The third kappa shape index (κ3) is 7.14. The summed E-state index contributed by atoms with van der Waals surface area (Å²) in [5, 5.41) is 21.9. The zero-order valence-corrected chi connectivity index (χ0v) is 36.6. The smallest absolute Gasteiger partial charge is 0.204 e. The molecule has 3 heterocycles. The van der Waals surface area contributed by atoms with E-state index in [1.54, 1.807) is 18.2 Å². The largest absolute Gasteiger partial charge is 0.453 e. The molecule has 66 heavy (non-hydrogen) atoms. The fourth-order valence-electron chi connectivity index (χ4n) is 9.07. The quantitative estimate of drug-likeness (QED) is 0.105. The summed E-state index contributed by atoms with van der Waals surface area (Å²) < 4.78 is 19.1. The van der Waals surface area contributed by atoms with Crippen molar-refractivity contribution in [2.75, 3.05) is 34.3 Å². The molecule has 0 radical (unpaired) electrons. The van der Waals surface area contributed by atoms with E-state index in [-0.39, 0.29) is 16.8 Å². The Balaban J connectivity index is 1.08. The van der Waals surface area contributed by atoms with Crippen LogP contribution < -0.4 is 28.9 Å². The second kappa shape index (κ2) is 17.3. The highest BCUT2D eigenvalue weighted by Crippen LogP contribution is 2.50. The summed E-state index contributed by atoms with van der Waals surface area (Å²) in [6, 6.07) is 46.6. The minimum Gasteiger partial charge on any atom is -0.453 e. The van der Waals surface area contributed by atoms with E-state index in [0.29, 0.717) is 33.9 Å². The van der Waals surface area contributed by atoms with Crippen LogP contribution in [0.2, 0.25) is 0 Å². The molecule has 318 valence electrons. The van der Waals surface area contributed by atoms with Crippen LogP contribution >= 0.6 is 0 Å². The Hall–Kier alpha value is -8.97. The van der Waals surface area contributed by atoms with Gasteiger partial charge in [-0.15, -0.1) is 0 Å². The first kappa shape index (κ1) is 41.1. The Morgan fingerprint density at radius 1 is 0.439 bits per heavy atom. The molecule has 9 nitrogen and oxygen atoms in total. The van der Waals surface area contributed by atoms with Crippen molar-refractivity contribution in [3.05, 3.63) is 183 Å². The summed E-state index contributed by atoms with van der Waals surface area (Å²) in [5.74, 6) is 4.42. The van der Waals surface area contributed by atoms with Gasteiger partial charge < -0.3 is 28.9 Å². The molecular formula is C57H42N6O3. The minimum absolute atomic E-state index is 0.189. The van der Waals surface area contributed by atoms with Crippen LogP contribution in [0.3, 0.4) is 0 Å². The number of hydrogen-bond acceptors (Lipinski definition) is 8. The molecule has 3 aliphatic rings. The summed E-state index contributed by atoms with van der Waals surface area (Å²) in [7, 11) is 0. The molecule has 0 bridgehead atoms. The number of nitrogens with zero attached hydrogens (tertiary/aromatic N) is 6. The van der Waals surface area contributed by atoms with Gasteiger partial charge >= 0.3 is 0 Å². The predicted octanol–water partition coefficient (Wildman–Crippen LogP) is 15.3. The average molecular weight is 859 g/mol. The Kier molecular flexibility index (Phi) is 10.8. The van der Waals surface area contributed by atoms with Crippen LogP contribution in [0.25, 0.3) is 41.3 Å². The van der Waals surface area contributed by atoms with Gasteiger partial charge in [0, 0.05) is 25.2 Å². The van der Waals surface area contributed by atoms with Crippen LogP contribution in [0, 0.1) is 29.2 Å². The first-order valence-corrected chi connectivity index (χ1v) is 22.0. The van der Waals surface area contributed by atoms with Crippen molar-refractivity contribution in [1.29, 1.82) is 10.5 Å². The molecule has 0 aromatic heterocycles. The SMILES string of the molecule is [C-]#[N+]c1c(/C=C/c2ccc3c(c2)Oc2ccccc2N3CC)c(C#N)c(/C=C/c2ccc3c(c2)Oc2ccccc2N3CC)c(C#N)c1/C=C/c1ccc2c(c1)Oc1ccccc1N2CC. The average Bonchev–Trinajstić information content (AvgIpc) is 3.36. The van der Waals surface area contributed by atoms with Gasteiger partial charge in [0.15, 0.2) is 34.5 Å². The van der Waals surface area contributed by atoms with Crippen molar-refractivity contribution in [3.63, 3.8) is 0 Å². The number of nitriles is 2. The summed E-state index contributed by atoms with van der Waals surface area (Å²) in [5.41, 5.74) is 10.1. The zero-order valence-electron chi connectivity index (χ0n) is 36.6. The monoisotopic (exact) mass is 858 g/mol. The van der Waals surface area contributed by atoms with Crippen LogP contribution in [0.15, 0.2) is 127 Å². The maximum absolute atomic E-state index is 11.0. The van der Waals surface area contributed by atoms with Gasteiger partial charge in [0.25, 0.3) is 0 Å². The summed E-state index contributed by atoms with van der Waals surface area (Å²) in [6.07, 6.45) is 11.0. The Bertz CT molecular complexity index is 2960. The molecule has 7 aromatic carbocycles. The molecule has 9 heteroatoms. The molecule has 0 saturated heterocycles. The minimum atomic E-state index is 0.189. The molecular weight excluding hydrogens is 817 g/mol. The van der Waals surface area contributed by atoms with Gasteiger partial charge in [0.1, 0.15) is 0 Å². The standard InChI is InChI=1S/C57H42N6O3/c1-5-61-45-14-8-11-17-51(45)64-54-32-37(23-29-48(54)61)20-26-40-43(35-58)41(27-21-38-24-30-49-55(33-38)65-52-18-12-9-15-46(52)62(49)6-2)57(60-4)42(44(40)36-59)28-22-39-25-31-50-56(34-39)66-53-19-13-10-16-47(53)63(50)7-3/h8-34H,5-7H2,1-3H3/b26-20+,27-21+,28-22+. The number of fused-ring (bicyclic) bond motifs is 6. The van der Waals surface area contributed by atoms with Crippen molar-refractivity contribution in [1.82, 2.24) is 0 Å². The topological polar surface area (TPSA) is 89.3 Å². The summed E-state index contributed by atoms with van der Waals surface area (Å²) in [6.45, 7) is 17.1. The highest BCUT2D eigenvalue weighted by atomic mass is 16.5. The molecule has 10 rings (SSSR count). The van der Waals surface area contributed by atoms with Crippen molar-refractivity contribution in [2.45, 2.75) is 20.8 Å². The van der Waals surface area contributed by atoms with Crippen molar-refractivity contribution in [3.8, 4) is 46.6 Å². The van der Waals surface area contributed by atoms with Gasteiger partial charge in [-0.2, -0.15) is 10.5 Å². The van der Waals surface area contributed by atoms with Crippen molar-refractivity contribution >= 4 is 76.3 Å². The van der Waals surface area contributed by atoms with E-state index in [0.717, 1.165) is 87.7 Å². The molecule has 0 spiro atoms. The van der Waals surface area contributed by atoms with Gasteiger partial charge in [-0.1, -0.05) is 91.1 Å². The Morgan fingerprint density at radius 3 is 1.08 bits per heavy atom. The van der Waals surface area contributed by atoms with Crippen molar-refractivity contribution in [2.24, 2.45) is 0 Å². The van der Waals surface area contributed by atoms with Crippen molar-refractivity contribution < 1.29 is 14.2 Å². The van der Waals surface area contributed by atoms with E-state index in [9.17, 15) is 10.5 Å².